The van der Waals surface area contributed by atoms with E-state index in [0.717, 1.165) is 17.3 Å². The van der Waals surface area contributed by atoms with Crippen molar-refractivity contribution in [1.29, 1.82) is 5.26 Å². The van der Waals surface area contributed by atoms with Crippen LogP contribution in [0.5, 0.6) is 0 Å². The third kappa shape index (κ3) is 6.53. The molecule has 1 amide bonds. The van der Waals surface area contributed by atoms with Crippen LogP contribution in [0, 0.1) is 18.3 Å². The van der Waals surface area contributed by atoms with Gasteiger partial charge in [-0.2, -0.15) is 5.26 Å². The van der Waals surface area contributed by atoms with Crippen molar-refractivity contribution in [1.82, 2.24) is 9.97 Å². The minimum absolute atomic E-state index is 0.0416. The SMILES string of the molecule is Cc1nc(SCC(=O)OCc2ccccc2)c(C#N)c(-c2ccncc2)c1C(=O)Nc1ccc(Cl)cc1. The molecule has 0 aliphatic rings. The molecule has 2 aromatic carbocycles. The number of nitriles is 1. The molecule has 4 aromatic rings. The molecule has 0 radical (unpaired) electrons. The van der Waals surface area contributed by atoms with Crippen molar-refractivity contribution in [3.63, 3.8) is 0 Å². The predicted octanol–water partition coefficient (Wildman–Crippen LogP) is 6.06. The van der Waals surface area contributed by atoms with Crippen molar-refractivity contribution < 1.29 is 14.3 Å². The van der Waals surface area contributed by atoms with E-state index in [-0.39, 0.29) is 23.5 Å². The van der Waals surface area contributed by atoms with Crippen LogP contribution in [0.3, 0.4) is 0 Å². The summed E-state index contributed by atoms with van der Waals surface area (Å²) in [5.41, 5.74) is 3.34. The van der Waals surface area contributed by atoms with Gasteiger partial charge < -0.3 is 10.1 Å². The van der Waals surface area contributed by atoms with Gasteiger partial charge in [-0.3, -0.25) is 14.6 Å². The molecular weight excluding hydrogens is 508 g/mol. The normalized spacial score (nSPS) is 10.4. The molecule has 9 heteroatoms. The van der Waals surface area contributed by atoms with Gasteiger partial charge in [0, 0.05) is 28.7 Å². The Kier molecular flexibility index (Phi) is 8.52. The summed E-state index contributed by atoms with van der Waals surface area (Å²) in [6.45, 7) is 1.85. The number of amides is 1. The number of rotatable bonds is 8. The molecule has 7 nitrogen and oxygen atoms in total. The molecule has 0 saturated heterocycles. The molecule has 184 valence electrons. The van der Waals surface area contributed by atoms with Crippen LogP contribution in [0.2, 0.25) is 5.02 Å². The summed E-state index contributed by atoms with van der Waals surface area (Å²) in [4.78, 5) is 34.4. The lowest BCUT2D eigenvalue weighted by atomic mass is 9.95. The van der Waals surface area contributed by atoms with Crippen LogP contribution in [0.4, 0.5) is 5.69 Å². The third-order valence-electron chi connectivity index (χ3n) is 5.32. The summed E-state index contributed by atoms with van der Waals surface area (Å²) < 4.78 is 5.35. The van der Waals surface area contributed by atoms with Crippen LogP contribution in [0.25, 0.3) is 11.1 Å². The first-order valence-corrected chi connectivity index (χ1v) is 12.6. The number of hydrogen-bond donors (Lipinski definition) is 1. The summed E-state index contributed by atoms with van der Waals surface area (Å²) in [5.74, 6) is -0.901. The quantitative estimate of drug-likeness (QED) is 0.219. The highest BCUT2D eigenvalue weighted by molar-refractivity contribution is 7.99. The molecule has 0 spiro atoms. The molecule has 4 rings (SSSR count). The number of carbonyl (C=O) groups excluding carboxylic acids is 2. The second-order valence-electron chi connectivity index (χ2n) is 7.87. The molecule has 2 heterocycles. The summed E-state index contributed by atoms with van der Waals surface area (Å²) in [6, 6.07) is 21.7. The number of nitrogens with zero attached hydrogens (tertiary/aromatic N) is 3. The zero-order valence-electron chi connectivity index (χ0n) is 19.8. The first-order valence-electron chi connectivity index (χ1n) is 11.2. The van der Waals surface area contributed by atoms with Crippen LogP contribution in [-0.2, 0) is 16.1 Å². The fraction of sp³-hybridized carbons (Fsp3) is 0.107. The van der Waals surface area contributed by atoms with Crippen molar-refractivity contribution in [2.24, 2.45) is 0 Å². The standard InChI is InChI=1S/C28H21ClN4O3S/c1-18-25(27(35)33-22-9-7-21(29)8-10-22)26(20-11-13-31-14-12-20)23(15-30)28(32-18)37-17-24(34)36-16-19-5-3-2-4-6-19/h2-14H,16-17H2,1H3,(H,33,35). The molecule has 0 saturated carbocycles. The van der Waals surface area contributed by atoms with Crippen LogP contribution >= 0.6 is 23.4 Å². The molecule has 0 aliphatic carbocycles. The molecule has 0 bridgehead atoms. The maximum Gasteiger partial charge on any atom is 0.316 e. The monoisotopic (exact) mass is 528 g/mol. The number of thioether (sulfide) groups is 1. The summed E-state index contributed by atoms with van der Waals surface area (Å²) in [7, 11) is 0. The average Bonchev–Trinajstić information content (AvgIpc) is 2.92. The minimum Gasteiger partial charge on any atom is -0.460 e. The molecule has 0 fully saturated rings. The van der Waals surface area contributed by atoms with Gasteiger partial charge in [0.1, 0.15) is 17.7 Å². The van der Waals surface area contributed by atoms with Gasteiger partial charge in [-0.25, -0.2) is 4.98 Å². The lowest BCUT2D eigenvalue weighted by molar-refractivity contribution is -0.141. The number of halogens is 1. The highest BCUT2D eigenvalue weighted by atomic mass is 35.5. The van der Waals surface area contributed by atoms with Gasteiger partial charge in [0.25, 0.3) is 5.91 Å². The Labute approximate surface area is 223 Å². The van der Waals surface area contributed by atoms with E-state index >= 15 is 0 Å². The molecule has 0 unspecified atom stereocenters. The van der Waals surface area contributed by atoms with Gasteiger partial charge in [-0.05, 0) is 54.4 Å². The number of pyridine rings is 2. The number of ether oxygens (including phenoxy) is 1. The topological polar surface area (TPSA) is 105 Å². The average molecular weight is 529 g/mol. The van der Waals surface area contributed by atoms with Crippen molar-refractivity contribution in [2.75, 3.05) is 11.1 Å². The van der Waals surface area contributed by atoms with Crippen molar-refractivity contribution >= 4 is 40.9 Å². The molecule has 1 N–H and O–H groups in total. The zero-order chi connectivity index (χ0) is 26.2. The Morgan fingerprint density at radius 1 is 1.05 bits per heavy atom. The summed E-state index contributed by atoms with van der Waals surface area (Å²) in [5, 5.41) is 13.8. The minimum atomic E-state index is -0.438. The fourth-order valence-electron chi connectivity index (χ4n) is 3.60. The highest BCUT2D eigenvalue weighted by Crippen LogP contribution is 2.35. The summed E-state index contributed by atoms with van der Waals surface area (Å²) in [6.07, 6.45) is 3.17. The molecular formula is C28H21ClN4O3S. The van der Waals surface area contributed by atoms with Gasteiger partial charge in [0.05, 0.1) is 22.6 Å². The van der Waals surface area contributed by atoms with E-state index in [1.807, 2.05) is 30.3 Å². The van der Waals surface area contributed by atoms with Crippen LogP contribution in [0.15, 0.2) is 84.1 Å². The number of benzene rings is 2. The molecule has 0 atom stereocenters. The molecule has 0 aliphatic heterocycles. The van der Waals surface area contributed by atoms with Crippen molar-refractivity contribution in [2.45, 2.75) is 18.6 Å². The lowest BCUT2D eigenvalue weighted by Crippen LogP contribution is -2.17. The second kappa shape index (κ2) is 12.2. The smallest absolute Gasteiger partial charge is 0.316 e. The molecule has 2 aromatic heterocycles. The number of aromatic nitrogens is 2. The zero-order valence-corrected chi connectivity index (χ0v) is 21.3. The molecule has 37 heavy (non-hydrogen) atoms. The Bertz CT molecular complexity index is 1460. The Morgan fingerprint density at radius 2 is 1.76 bits per heavy atom. The predicted molar refractivity (Wildman–Crippen MR) is 143 cm³/mol. The van der Waals surface area contributed by atoms with E-state index in [0.29, 0.717) is 32.6 Å². The third-order valence-corrected chi connectivity index (χ3v) is 6.53. The number of esters is 1. The van der Waals surface area contributed by atoms with Gasteiger partial charge >= 0.3 is 5.97 Å². The van der Waals surface area contributed by atoms with E-state index in [4.69, 9.17) is 16.3 Å². The van der Waals surface area contributed by atoms with Gasteiger partial charge in [-0.1, -0.05) is 53.7 Å². The van der Waals surface area contributed by atoms with E-state index in [2.05, 4.69) is 21.4 Å². The first-order chi connectivity index (χ1) is 18.0. The number of nitrogens with one attached hydrogen (secondary N) is 1. The van der Waals surface area contributed by atoms with E-state index < -0.39 is 11.9 Å². The van der Waals surface area contributed by atoms with E-state index in [9.17, 15) is 14.9 Å². The fourth-order valence-corrected chi connectivity index (χ4v) is 4.56. The van der Waals surface area contributed by atoms with Gasteiger partial charge in [-0.15, -0.1) is 0 Å². The van der Waals surface area contributed by atoms with Crippen LogP contribution in [0.1, 0.15) is 27.2 Å². The Hall–Kier alpha value is -4.19. The number of aryl methyl sites for hydroxylation is 1. The highest BCUT2D eigenvalue weighted by Gasteiger charge is 2.25. The number of hydrogen-bond acceptors (Lipinski definition) is 7. The van der Waals surface area contributed by atoms with Crippen molar-refractivity contribution in [3.05, 3.63) is 107 Å². The Morgan fingerprint density at radius 3 is 2.43 bits per heavy atom. The number of carbonyl (C=O) groups is 2. The van der Waals surface area contributed by atoms with Crippen LogP contribution < -0.4 is 5.32 Å². The van der Waals surface area contributed by atoms with E-state index in [1.165, 1.54) is 0 Å². The second-order valence-corrected chi connectivity index (χ2v) is 9.27. The maximum atomic E-state index is 13.4. The number of anilines is 1. The van der Waals surface area contributed by atoms with Gasteiger partial charge in [0.15, 0.2) is 0 Å². The summed E-state index contributed by atoms with van der Waals surface area (Å²) >= 11 is 7.05. The Balaban J connectivity index is 1.64. The lowest BCUT2D eigenvalue weighted by Gasteiger charge is -2.17. The maximum absolute atomic E-state index is 13.4. The largest absolute Gasteiger partial charge is 0.460 e. The first kappa shape index (κ1) is 25.9. The van der Waals surface area contributed by atoms with Crippen LogP contribution in [-0.4, -0.2) is 27.6 Å². The van der Waals surface area contributed by atoms with E-state index in [1.54, 1.807) is 55.7 Å². The van der Waals surface area contributed by atoms with Crippen molar-refractivity contribution in [3.8, 4) is 17.2 Å². The van der Waals surface area contributed by atoms with Gasteiger partial charge in [0.2, 0.25) is 0 Å².